The first kappa shape index (κ1) is 8.94. The second kappa shape index (κ2) is 3.25. The summed E-state index contributed by atoms with van der Waals surface area (Å²) in [5.74, 6) is 0.980. The third-order valence-corrected chi connectivity index (χ3v) is 2.29. The molecule has 0 bridgehead atoms. The van der Waals surface area contributed by atoms with Gasteiger partial charge >= 0.3 is 0 Å². The molecule has 0 amide bonds. The molecule has 1 heterocycles. The minimum atomic E-state index is 0.152. The van der Waals surface area contributed by atoms with Crippen LogP contribution in [-0.4, -0.2) is 30.6 Å². The Kier molecular flexibility index (Phi) is 2.08. The van der Waals surface area contributed by atoms with Crippen LogP contribution in [0.25, 0.3) is 0 Å². The Morgan fingerprint density at radius 2 is 2.00 bits per heavy atom. The zero-order valence-electron chi connectivity index (χ0n) is 8.32. The summed E-state index contributed by atoms with van der Waals surface area (Å²) in [5, 5.41) is 0. The molecule has 0 spiro atoms. The van der Waals surface area contributed by atoms with Crippen LogP contribution in [0.5, 0.6) is 0 Å². The molecule has 0 saturated heterocycles. The van der Waals surface area contributed by atoms with Gasteiger partial charge in [0.2, 0.25) is 0 Å². The Labute approximate surface area is 83.1 Å². The highest BCUT2D eigenvalue weighted by atomic mass is 16.1. The van der Waals surface area contributed by atoms with Crippen molar-refractivity contribution < 1.29 is 4.79 Å². The third-order valence-electron chi connectivity index (χ3n) is 2.29. The lowest BCUT2D eigenvalue weighted by molar-refractivity contribution is 0.0997. The molecule has 1 aromatic carbocycles. The normalized spacial score (nSPS) is 14.7. The first-order chi connectivity index (χ1) is 6.68. The molecule has 72 valence electrons. The van der Waals surface area contributed by atoms with Crippen LogP contribution < -0.4 is 0 Å². The molecule has 0 fully saturated rings. The van der Waals surface area contributed by atoms with Crippen molar-refractivity contribution in [2.45, 2.75) is 6.42 Å². The summed E-state index contributed by atoms with van der Waals surface area (Å²) in [6.45, 7) is 0. The zero-order valence-corrected chi connectivity index (χ0v) is 8.32. The van der Waals surface area contributed by atoms with Gasteiger partial charge in [-0.15, -0.1) is 0 Å². The zero-order chi connectivity index (χ0) is 10.1. The molecule has 0 aliphatic carbocycles. The minimum absolute atomic E-state index is 0.152. The van der Waals surface area contributed by atoms with Gasteiger partial charge in [-0.1, -0.05) is 12.1 Å². The number of nitrogens with zero attached hydrogens (tertiary/aromatic N) is 2. The third kappa shape index (κ3) is 1.41. The van der Waals surface area contributed by atoms with Gasteiger partial charge in [-0.3, -0.25) is 4.79 Å². The molecule has 2 rings (SSSR count). The van der Waals surface area contributed by atoms with E-state index in [0.717, 1.165) is 17.1 Å². The number of aliphatic imine (C=N–C) groups is 1. The van der Waals surface area contributed by atoms with E-state index in [0.29, 0.717) is 6.42 Å². The molecule has 3 nitrogen and oxygen atoms in total. The second-order valence-electron chi connectivity index (χ2n) is 3.54. The monoisotopic (exact) mass is 188 g/mol. The lowest BCUT2D eigenvalue weighted by Crippen LogP contribution is -2.27. The van der Waals surface area contributed by atoms with Crippen molar-refractivity contribution in [3.8, 4) is 0 Å². The SMILES string of the molecule is CN(C)C1=Nc2ccccc2C(=O)C1. The highest BCUT2D eigenvalue weighted by Gasteiger charge is 2.19. The average Bonchev–Trinajstić information content (AvgIpc) is 2.17. The molecule has 0 aromatic heterocycles. The van der Waals surface area contributed by atoms with Crippen LogP contribution in [0.3, 0.4) is 0 Å². The van der Waals surface area contributed by atoms with Gasteiger partial charge < -0.3 is 4.90 Å². The quantitative estimate of drug-likeness (QED) is 0.622. The fourth-order valence-corrected chi connectivity index (χ4v) is 1.48. The van der Waals surface area contributed by atoms with Crippen LogP contribution in [-0.2, 0) is 0 Å². The van der Waals surface area contributed by atoms with E-state index in [4.69, 9.17) is 0 Å². The molecule has 1 aromatic rings. The summed E-state index contributed by atoms with van der Waals surface area (Å²) in [6.07, 6.45) is 0.407. The molecule has 14 heavy (non-hydrogen) atoms. The van der Waals surface area contributed by atoms with Crippen LogP contribution in [0.1, 0.15) is 16.8 Å². The van der Waals surface area contributed by atoms with E-state index in [1.54, 1.807) is 0 Å². The number of hydrogen-bond donors (Lipinski definition) is 0. The summed E-state index contributed by atoms with van der Waals surface area (Å²) in [5.41, 5.74) is 1.52. The minimum Gasteiger partial charge on any atom is -0.366 e. The van der Waals surface area contributed by atoms with E-state index < -0.39 is 0 Å². The standard InChI is InChI=1S/C11H12N2O/c1-13(2)11-7-10(14)8-5-3-4-6-9(8)12-11/h3-6H,7H2,1-2H3. The Hall–Kier alpha value is -1.64. The van der Waals surface area contributed by atoms with E-state index in [-0.39, 0.29) is 5.78 Å². The first-order valence-electron chi connectivity index (χ1n) is 4.55. The maximum atomic E-state index is 11.7. The van der Waals surface area contributed by atoms with Crippen molar-refractivity contribution in [1.82, 2.24) is 4.90 Å². The number of amidine groups is 1. The predicted molar refractivity (Wildman–Crippen MR) is 56.2 cm³/mol. The van der Waals surface area contributed by atoms with Crippen molar-refractivity contribution in [3.63, 3.8) is 0 Å². The van der Waals surface area contributed by atoms with Gasteiger partial charge in [0.05, 0.1) is 12.1 Å². The van der Waals surface area contributed by atoms with E-state index in [9.17, 15) is 4.79 Å². The Morgan fingerprint density at radius 1 is 1.29 bits per heavy atom. The molecular weight excluding hydrogens is 176 g/mol. The topological polar surface area (TPSA) is 32.7 Å². The number of hydrogen-bond acceptors (Lipinski definition) is 3. The summed E-state index contributed by atoms with van der Waals surface area (Å²) in [6, 6.07) is 7.46. The number of benzene rings is 1. The maximum Gasteiger partial charge on any atom is 0.172 e. The second-order valence-corrected chi connectivity index (χ2v) is 3.54. The Bertz CT molecular complexity index is 408. The van der Waals surface area contributed by atoms with Gasteiger partial charge in [-0.05, 0) is 12.1 Å². The summed E-state index contributed by atoms with van der Waals surface area (Å²) in [4.78, 5) is 18.0. The van der Waals surface area contributed by atoms with Crippen LogP contribution in [0.15, 0.2) is 29.3 Å². The van der Waals surface area contributed by atoms with Crippen LogP contribution in [0.2, 0.25) is 0 Å². The van der Waals surface area contributed by atoms with E-state index >= 15 is 0 Å². The van der Waals surface area contributed by atoms with Gasteiger partial charge in [-0.25, -0.2) is 4.99 Å². The summed E-state index contributed by atoms with van der Waals surface area (Å²) < 4.78 is 0. The smallest absolute Gasteiger partial charge is 0.172 e. The van der Waals surface area contributed by atoms with E-state index in [1.807, 2.05) is 43.3 Å². The number of ketones is 1. The number of carbonyl (C=O) groups is 1. The highest BCUT2D eigenvalue weighted by Crippen LogP contribution is 2.25. The first-order valence-corrected chi connectivity index (χ1v) is 4.55. The molecule has 0 unspecified atom stereocenters. The van der Waals surface area contributed by atoms with E-state index in [2.05, 4.69) is 4.99 Å². The fourth-order valence-electron chi connectivity index (χ4n) is 1.48. The van der Waals surface area contributed by atoms with Crippen molar-refractivity contribution in [1.29, 1.82) is 0 Å². The molecule has 0 radical (unpaired) electrons. The number of Topliss-reactive ketones (excluding diaryl/α,β-unsaturated/α-hetero) is 1. The highest BCUT2D eigenvalue weighted by molar-refractivity contribution is 6.14. The van der Waals surface area contributed by atoms with Gasteiger partial charge in [0.25, 0.3) is 0 Å². The van der Waals surface area contributed by atoms with Crippen LogP contribution in [0.4, 0.5) is 5.69 Å². The van der Waals surface area contributed by atoms with Gasteiger partial charge in [0, 0.05) is 19.7 Å². The predicted octanol–water partition coefficient (Wildman–Crippen LogP) is 1.86. The molecule has 1 aliphatic heterocycles. The van der Waals surface area contributed by atoms with Crippen molar-refractivity contribution in [2.75, 3.05) is 14.1 Å². The lowest BCUT2D eigenvalue weighted by Gasteiger charge is -2.19. The maximum absolute atomic E-state index is 11.7. The molecular formula is C11H12N2O. The Balaban J connectivity index is 2.50. The lowest BCUT2D eigenvalue weighted by atomic mass is 10.0. The van der Waals surface area contributed by atoms with Crippen molar-refractivity contribution in [3.05, 3.63) is 29.8 Å². The number of para-hydroxylation sites is 1. The fraction of sp³-hybridized carbons (Fsp3) is 0.273. The number of fused-ring (bicyclic) bond motifs is 1. The number of rotatable bonds is 0. The van der Waals surface area contributed by atoms with Gasteiger partial charge in [-0.2, -0.15) is 0 Å². The summed E-state index contributed by atoms with van der Waals surface area (Å²) in [7, 11) is 3.81. The molecule has 0 atom stereocenters. The van der Waals surface area contributed by atoms with E-state index in [1.165, 1.54) is 0 Å². The summed E-state index contributed by atoms with van der Waals surface area (Å²) >= 11 is 0. The van der Waals surface area contributed by atoms with Crippen molar-refractivity contribution in [2.24, 2.45) is 4.99 Å². The largest absolute Gasteiger partial charge is 0.366 e. The molecule has 0 saturated carbocycles. The van der Waals surface area contributed by atoms with Crippen molar-refractivity contribution >= 4 is 17.3 Å². The average molecular weight is 188 g/mol. The molecule has 0 N–H and O–H groups in total. The van der Waals surface area contributed by atoms with Gasteiger partial charge in [0.15, 0.2) is 5.78 Å². The molecule has 1 aliphatic rings. The van der Waals surface area contributed by atoms with Crippen LogP contribution >= 0.6 is 0 Å². The number of carbonyl (C=O) groups excluding carboxylic acids is 1. The Morgan fingerprint density at radius 3 is 2.71 bits per heavy atom. The van der Waals surface area contributed by atoms with Crippen LogP contribution in [0, 0.1) is 0 Å². The molecule has 3 heteroatoms. The van der Waals surface area contributed by atoms with Gasteiger partial charge in [0.1, 0.15) is 5.84 Å².